The van der Waals surface area contributed by atoms with E-state index in [1.54, 1.807) is 12.1 Å². The number of rotatable bonds is 5. The Morgan fingerprint density at radius 1 is 1.24 bits per heavy atom. The van der Waals surface area contributed by atoms with Crippen LogP contribution in [0.3, 0.4) is 0 Å². The Balaban J connectivity index is 1.77. The molecule has 2 aromatic carbocycles. The number of hydrogen-bond acceptors (Lipinski definition) is 6. The van der Waals surface area contributed by atoms with E-state index in [1.165, 1.54) is 18.4 Å². The van der Waals surface area contributed by atoms with Crippen LogP contribution in [0.5, 0.6) is 5.75 Å². The molecule has 0 bridgehead atoms. The van der Waals surface area contributed by atoms with Crippen LogP contribution in [0.2, 0.25) is 0 Å². The van der Waals surface area contributed by atoms with Crippen LogP contribution in [0.1, 0.15) is 0 Å². The fraction of sp³-hybridized carbons (Fsp3) is 0.125. The van der Waals surface area contributed by atoms with E-state index in [-0.39, 0.29) is 10.0 Å². The highest BCUT2D eigenvalue weighted by atomic mass is 32.2. The van der Waals surface area contributed by atoms with Crippen LogP contribution in [0.4, 0.5) is 9.52 Å². The minimum atomic E-state index is -3.87. The largest absolute Gasteiger partial charge is 0.494 e. The Bertz CT molecular complexity index is 1030. The fourth-order valence-electron chi connectivity index (χ4n) is 2.19. The van der Waals surface area contributed by atoms with Gasteiger partial charge >= 0.3 is 0 Å². The SMILES string of the molecule is COc1cccc2sc(NC(=O)CS(=O)(=O)c3ccc(F)cc3)nc12. The summed E-state index contributed by atoms with van der Waals surface area (Å²) in [7, 11) is -2.35. The third-order valence-electron chi connectivity index (χ3n) is 3.34. The van der Waals surface area contributed by atoms with Gasteiger partial charge in [0.05, 0.1) is 16.7 Å². The number of benzene rings is 2. The lowest BCUT2D eigenvalue weighted by atomic mass is 10.3. The number of fused-ring (bicyclic) bond motifs is 1. The van der Waals surface area contributed by atoms with Gasteiger partial charge in [-0.25, -0.2) is 17.8 Å². The van der Waals surface area contributed by atoms with Crippen molar-refractivity contribution in [2.24, 2.45) is 0 Å². The Labute approximate surface area is 147 Å². The van der Waals surface area contributed by atoms with E-state index < -0.39 is 27.3 Å². The molecule has 1 amide bonds. The third kappa shape index (κ3) is 3.77. The second-order valence-corrected chi connectivity index (χ2v) is 8.11. The molecule has 3 aromatic rings. The van der Waals surface area contributed by atoms with E-state index in [0.29, 0.717) is 11.3 Å². The molecule has 1 aromatic heterocycles. The average Bonchev–Trinajstić information content (AvgIpc) is 2.96. The first-order valence-electron chi connectivity index (χ1n) is 7.11. The number of anilines is 1. The zero-order valence-electron chi connectivity index (χ0n) is 13.0. The maximum absolute atomic E-state index is 12.9. The molecular weight excluding hydrogens is 367 g/mol. The summed E-state index contributed by atoms with van der Waals surface area (Å²) in [4.78, 5) is 16.2. The highest BCUT2D eigenvalue weighted by Crippen LogP contribution is 2.32. The standard InChI is InChI=1S/C16H13FN2O4S2/c1-23-12-3-2-4-13-15(12)19-16(24-13)18-14(20)9-25(21,22)11-7-5-10(17)6-8-11/h2-8H,9H2,1H3,(H,18,19,20). The predicted molar refractivity (Wildman–Crippen MR) is 93.3 cm³/mol. The molecule has 1 heterocycles. The number of nitrogens with one attached hydrogen (secondary N) is 1. The number of methoxy groups -OCH3 is 1. The number of nitrogens with zero attached hydrogens (tertiary/aromatic N) is 1. The number of carbonyl (C=O) groups excluding carboxylic acids is 1. The Morgan fingerprint density at radius 2 is 1.96 bits per heavy atom. The maximum atomic E-state index is 12.9. The minimum absolute atomic E-state index is 0.116. The van der Waals surface area contributed by atoms with Crippen LogP contribution in [0.25, 0.3) is 10.2 Å². The second-order valence-electron chi connectivity index (χ2n) is 5.09. The molecule has 0 saturated carbocycles. The smallest absolute Gasteiger partial charge is 0.241 e. The van der Waals surface area contributed by atoms with Crippen molar-refractivity contribution in [1.82, 2.24) is 4.98 Å². The molecule has 0 atom stereocenters. The van der Waals surface area contributed by atoms with Crippen molar-refractivity contribution in [3.05, 3.63) is 48.3 Å². The van der Waals surface area contributed by atoms with Gasteiger partial charge in [0, 0.05) is 0 Å². The zero-order chi connectivity index (χ0) is 18.0. The molecule has 3 rings (SSSR count). The fourth-order valence-corrected chi connectivity index (χ4v) is 4.23. The van der Waals surface area contributed by atoms with Gasteiger partial charge in [0.2, 0.25) is 5.91 Å². The van der Waals surface area contributed by atoms with E-state index in [9.17, 15) is 17.6 Å². The highest BCUT2D eigenvalue weighted by Gasteiger charge is 2.20. The van der Waals surface area contributed by atoms with Crippen molar-refractivity contribution in [2.75, 3.05) is 18.2 Å². The second kappa shape index (κ2) is 6.77. The van der Waals surface area contributed by atoms with Gasteiger partial charge < -0.3 is 10.1 Å². The van der Waals surface area contributed by atoms with Crippen LogP contribution in [0, 0.1) is 5.82 Å². The van der Waals surface area contributed by atoms with Crippen LogP contribution >= 0.6 is 11.3 Å². The van der Waals surface area contributed by atoms with E-state index in [4.69, 9.17) is 4.74 Å². The van der Waals surface area contributed by atoms with Crippen molar-refractivity contribution < 1.29 is 22.3 Å². The minimum Gasteiger partial charge on any atom is -0.494 e. The van der Waals surface area contributed by atoms with Crippen LogP contribution in [0.15, 0.2) is 47.4 Å². The van der Waals surface area contributed by atoms with Crippen molar-refractivity contribution >= 4 is 42.4 Å². The molecule has 0 aliphatic carbocycles. The molecule has 25 heavy (non-hydrogen) atoms. The summed E-state index contributed by atoms with van der Waals surface area (Å²) in [5, 5.41) is 2.76. The Kier molecular flexibility index (Phi) is 4.69. The molecule has 6 nitrogen and oxygen atoms in total. The average molecular weight is 380 g/mol. The molecule has 1 N–H and O–H groups in total. The topological polar surface area (TPSA) is 85.4 Å². The molecule has 0 aliphatic rings. The summed E-state index contributed by atoms with van der Waals surface area (Å²) in [6.45, 7) is 0. The van der Waals surface area contributed by atoms with E-state index in [2.05, 4.69) is 10.3 Å². The van der Waals surface area contributed by atoms with Crippen LogP contribution in [-0.4, -0.2) is 32.2 Å². The van der Waals surface area contributed by atoms with Crippen molar-refractivity contribution in [2.45, 2.75) is 4.90 Å². The lowest BCUT2D eigenvalue weighted by molar-refractivity contribution is -0.113. The molecular formula is C16H13FN2O4S2. The predicted octanol–water partition coefficient (Wildman–Crippen LogP) is 2.86. The number of amides is 1. The molecule has 0 aliphatic heterocycles. The lowest BCUT2D eigenvalue weighted by Gasteiger charge is -2.04. The molecule has 0 saturated heterocycles. The summed E-state index contributed by atoms with van der Waals surface area (Å²) in [5.74, 6) is -1.46. The molecule has 0 fully saturated rings. The highest BCUT2D eigenvalue weighted by molar-refractivity contribution is 7.92. The van der Waals surface area contributed by atoms with Crippen molar-refractivity contribution in [3.63, 3.8) is 0 Å². The zero-order valence-corrected chi connectivity index (χ0v) is 14.7. The summed E-state index contributed by atoms with van der Waals surface area (Å²) in [6, 6.07) is 9.67. The number of thiazole rings is 1. The Morgan fingerprint density at radius 3 is 2.64 bits per heavy atom. The first-order chi connectivity index (χ1) is 11.9. The lowest BCUT2D eigenvalue weighted by Crippen LogP contribution is -2.22. The van der Waals surface area contributed by atoms with Crippen molar-refractivity contribution in [1.29, 1.82) is 0 Å². The first-order valence-corrected chi connectivity index (χ1v) is 9.57. The van der Waals surface area contributed by atoms with Gasteiger partial charge in [-0.1, -0.05) is 17.4 Å². The molecule has 0 spiro atoms. The van der Waals surface area contributed by atoms with Crippen molar-refractivity contribution in [3.8, 4) is 5.75 Å². The normalized spacial score (nSPS) is 11.4. The number of carbonyl (C=O) groups is 1. The van der Waals surface area contributed by atoms with Gasteiger partial charge in [-0.05, 0) is 36.4 Å². The molecule has 9 heteroatoms. The number of aromatic nitrogens is 1. The third-order valence-corrected chi connectivity index (χ3v) is 5.91. The quantitative estimate of drug-likeness (QED) is 0.688. The van der Waals surface area contributed by atoms with Gasteiger partial charge in [-0.3, -0.25) is 4.79 Å². The van der Waals surface area contributed by atoms with E-state index in [1.807, 2.05) is 6.07 Å². The van der Waals surface area contributed by atoms with Crippen LogP contribution in [-0.2, 0) is 14.6 Å². The number of sulfone groups is 1. The summed E-state index contributed by atoms with van der Waals surface area (Å²) in [6.07, 6.45) is 0. The molecule has 130 valence electrons. The number of ether oxygens (including phenoxy) is 1. The number of para-hydroxylation sites is 1. The summed E-state index contributed by atoms with van der Waals surface area (Å²) < 4.78 is 43.3. The Hall–Kier alpha value is -2.52. The molecule has 0 unspecified atom stereocenters. The van der Waals surface area contributed by atoms with Gasteiger partial charge in [0.1, 0.15) is 22.8 Å². The van der Waals surface area contributed by atoms with Crippen LogP contribution < -0.4 is 10.1 Å². The van der Waals surface area contributed by atoms with Gasteiger partial charge in [0.15, 0.2) is 15.0 Å². The maximum Gasteiger partial charge on any atom is 0.241 e. The monoisotopic (exact) mass is 380 g/mol. The van der Waals surface area contributed by atoms with E-state index in [0.717, 1.165) is 29.0 Å². The number of halogens is 1. The summed E-state index contributed by atoms with van der Waals surface area (Å²) in [5.41, 5.74) is 0.590. The molecule has 0 radical (unpaired) electrons. The number of hydrogen-bond donors (Lipinski definition) is 1. The van der Waals surface area contributed by atoms with E-state index >= 15 is 0 Å². The van der Waals surface area contributed by atoms with Gasteiger partial charge in [-0.15, -0.1) is 0 Å². The first kappa shape index (κ1) is 17.3. The summed E-state index contributed by atoms with van der Waals surface area (Å²) >= 11 is 1.21. The van der Waals surface area contributed by atoms with Gasteiger partial charge in [-0.2, -0.15) is 0 Å². The van der Waals surface area contributed by atoms with Gasteiger partial charge in [0.25, 0.3) is 0 Å².